The van der Waals surface area contributed by atoms with Gasteiger partial charge >= 0.3 is 0 Å². The third-order valence-electron chi connectivity index (χ3n) is 5.10. The predicted molar refractivity (Wildman–Crippen MR) is 113 cm³/mol. The molecule has 0 radical (unpaired) electrons. The van der Waals surface area contributed by atoms with Gasteiger partial charge in [0.1, 0.15) is 13.2 Å². The predicted octanol–water partition coefficient (Wildman–Crippen LogP) is 0.866. The van der Waals surface area contributed by atoms with Crippen molar-refractivity contribution in [1.29, 1.82) is 0 Å². The van der Waals surface area contributed by atoms with E-state index < -0.39 is 10.0 Å². The number of hydrogen-bond acceptors (Lipinski definition) is 7. The highest BCUT2D eigenvalue weighted by atomic mass is 32.2. The van der Waals surface area contributed by atoms with Crippen LogP contribution in [0.4, 0.5) is 11.4 Å². The maximum Gasteiger partial charge on any atom is 0.238 e. The van der Waals surface area contributed by atoms with Crippen molar-refractivity contribution < 1.29 is 22.7 Å². The molecule has 1 fully saturated rings. The largest absolute Gasteiger partial charge is 0.486 e. The number of ether oxygens (including phenoxy) is 2. The van der Waals surface area contributed by atoms with E-state index in [9.17, 15) is 13.2 Å². The Morgan fingerprint density at radius 2 is 1.63 bits per heavy atom. The lowest BCUT2D eigenvalue weighted by Gasteiger charge is -2.35. The lowest BCUT2D eigenvalue weighted by molar-refractivity contribution is -0.117. The first kappa shape index (κ1) is 20.5. The highest BCUT2D eigenvalue weighted by Gasteiger charge is 2.20. The molecule has 0 unspecified atom stereocenters. The molecular weight excluding hydrogens is 408 g/mol. The van der Waals surface area contributed by atoms with Crippen LogP contribution in [-0.2, 0) is 14.8 Å². The molecule has 0 aliphatic carbocycles. The van der Waals surface area contributed by atoms with Crippen LogP contribution in [0.25, 0.3) is 0 Å². The average molecular weight is 433 g/mol. The van der Waals surface area contributed by atoms with E-state index in [-0.39, 0.29) is 10.8 Å². The van der Waals surface area contributed by atoms with Crippen LogP contribution in [0.1, 0.15) is 0 Å². The molecule has 3 N–H and O–H groups in total. The molecule has 1 amide bonds. The molecule has 30 heavy (non-hydrogen) atoms. The maximum absolute atomic E-state index is 12.4. The summed E-state index contributed by atoms with van der Waals surface area (Å²) in [6.45, 7) is 4.27. The molecule has 9 nitrogen and oxygen atoms in total. The molecule has 2 aliphatic rings. The Kier molecular flexibility index (Phi) is 5.80. The highest BCUT2D eigenvalue weighted by Crippen LogP contribution is 2.32. The smallest absolute Gasteiger partial charge is 0.238 e. The summed E-state index contributed by atoms with van der Waals surface area (Å²) < 4.78 is 33.8. The standard InChI is InChI=1S/C20H24N4O5S/c21-30(26,27)17-4-2-16(3-5-17)24-9-7-23(8-10-24)14-20(25)22-15-1-6-18-19(13-15)29-12-11-28-18/h1-6,13H,7-12,14H2,(H,22,25)(H2,21,26,27). The van der Waals surface area contributed by atoms with Gasteiger partial charge in [-0.05, 0) is 36.4 Å². The van der Waals surface area contributed by atoms with Crippen molar-refractivity contribution in [2.75, 3.05) is 56.2 Å². The highest BCUT2D eigenvalue weighted by molar-refractivity contribution is 7.89. The van der Waals surface area contributed by atoms with Gasteiger partial charge in [-0.3, -0.25) is 9.69 Å². The van der Waals surface area contributed by atoms with Gasteiger partial charge in [-0.2, -0.15) is 0 Å². The molecule has 10 heteroatoms. The lowest BCUT2D eigenvalue weighted by atomic mass is 10.2. The third kappa shape index (κ3) is 4.84. The number of rotatable bonds is 5. The van der Waals surface area contributed by atoms with Crippen LogP contribution in [-0.4, -0.2) is 65.2 Å². The van der Waals surface area contributed by atoms with E-state index in [0.717, 1.165) is 31.9 Å². The minimum atomic E-state index is -3.69. The Balaban J connectivity index is 1.28. The molecule has 2 aromatic rings. The minimum absolute atomic E-state index is 0.0855. The van der Waals surface area contributed by atoms with Crippen molar-refractivity contribution in [2.24, 2.45) is 5.14 Å². The van der Waals surface area contributed by atoms with Crippen molar-refractivity contribution in [3.8, 4) is 11.5 Å². The number of carbonyl (C=O) groups is 1. The summed E-state index contributed by atoms with van der Waals surface area (Å²) in [6.07, 6.45) is 0. The number of hydrogen-bond donors (Lipinski definition) is 2. The first-order chi connectivity index (χ1) is 14.4. The van der Waals surface area contributed by atoms with Gasteiger partial charge in [0.15, 0.2) is 11.5 Å². The summed E-state index contributed by atoms with van der Waals surface area (Å²) in [5.74, 6) is 1.24. The number of benzene rings is 2. The molecule has 2 aromatic carbocycles. The number of carbonyl (C=O) groups excluding carboxylic acids is 1. The van der Waals surface area contributed by atoms with Crippen LogP contribution in [0, 0.1) is 0 Å². The molecule has 160 valence electrons. The first-order valence-corrected chi connectivity index (χ1v) is 11.2. The fourth-order valence-corrected chi connectivity index (χ4v) is 4.05. The summed E-state index contributed by atoms with van der Waals surface area (Å²) in [6, 6.07) is 11.9. The van der Waals surface area contributed by atoms with E-state index in [0.29, 0.717) is 36.9 Å². The van der Waals surface area contributed by atoms with Crippen molar-refractivity contribution in [3.05, 3.63) is 42.5 Å². The SMILES string of the molecule is NS(=O)(=O)c1ccc(N2CCN(CC(=O)Nc3ccc4c(c3)OCCO4)CC2)cc1. The van der Waals surface area contributed by atoms with Crippen LogP contribution < -0.4 is 24.8 Å². The maximum atomic E-state index is 12.4. The monoisotopic (exact) mass is 432 g/mol. The number of nitrogens with two attached hydrogens (primary N) is 1. The quantitative estimate of drug-likeness (QED) is 0.720. The summed E-state index contributed by atoms with van der Waals surface area (Å²) in [5.41, 5.74) is 1.61. The van der Waals surface area contributed by atoms with Gasteiger partial charge in [-0.25, -0.2) is 13.6 Å². The second-order valence-corrected chi connectivity index (χ2v) is 8.77. The lowest BCUT2D eigenvalue weighted by Crippen LogP contribution is -2.48. The van der Waals surface area contributed by atoms with E-state index in [4.69, 9.17) is 14.6 Å². The second-order valence-electron chi connectivity index (χ2n) is 7.21. The Bertz CT molecular complexity index is 1020. The molecule has 4 rings (SSSR count). The zero-order valence-electron chi connectivity index (χ0n) is 16.4. The third-order valence-corrected chi connectivity index (χ3v) is 6.03. The number of piperazine rings is 1. The Labute approximate surface area is 175 Å². The molecule has 2 aliphatic heterocycles. The molecule has 0 spiro atoms. The molecule has 0 bridgehead atoms. The molecule has 2 heterocycles. The molecule has 0 aromatic heterocycles. The van der Waals surface area contributed by atoms with Gasteiger partial charge in [-0.15, -0.1) is 0 Å². The molecule has 0 atom stereocenters. The number of sulfonamides is 1. The molecular formula is C20H24N4O5S. The fraction of sp³-hybridized carbons (Fsp3) is 0.350. The van der Waals surface area contributed by atoms with Crippen molar-refractivity contribution in [2.45, 2.75) is 4.90 Å². The fourth-order valence-electron chi connectivity index (χ4n) is 3.54. The number of primary sulfonamides is 1. The zero-order valence-corrected chi connectivity index (χ0v) is 17.2. The van der Waals surface area contributed by atoms with E-state index in [1.807, 2.05) is 0 Å². The van der Waals surface area contributed by atoms with Crippen LogP contribution in [0.15, 0.2) is 47.4 Å². The summed E-state index contributed by atoms with van der Waals surface area (Å²) in [5, 5.41) is 8.04. The van der Waals surface area contributed by atoms with Crippen molar-refractivity contribution in [3.63, 3.8) is 0 Å². The first-order valence-electron chi connectivity index (χ1n) is 9.68. The normalized spacial score (nSPS) is 16.9. The van der Waals surface area contributed by atoms with Gasteiger partial charge in [0.05, 0.1) is 11.4 Å². The Morgan fingerprint density at radius 3 is 2.30 bits per heavy atom. The molecule has 1 saturated heterocycles. The topological polar surface area (TPSA) is 114 Å². The average Bonchev–Trinajstić information content (AvgIpc) is 2.74. The number of fused-ring (bicyclic) bond motifs is 1. The van der Waals surface area contributed by atoms with Crippen LogP contribution >= 0.6 is 0 Å². The van der Waals surface area contributed by atoms with Gasteiger partial charge in [-0.1, -0.05) is 0 Å². The number of nitrogens with zero attached hydrogens (tertiary/aromatic N) is 2. The van der Waals surface area contributed by atoms with Crippen LogP contribution in [0.3, 0.4) is 0 Å². The van der Waals surface area contributed by atoms with E-state index in [1.165, 1.54) is 12.1 Å². The van der Waals surface area contributed by atoms with Crippen molar-refractivity contribution in [1.82, 2.24) is 4.90 Å². The summed E-state index contributed by atoms with van der Waals surface area (Å²) >= 11 is 0. The van der Waals surface area contributed by atoms with E-state index >= 15 is 0 Å². The Hall–Kier alpha value is -2.82. The number of amides is 1. The van der Waals surface area contributed by atoms with Gasteiger partial charge in [0.2, 0.25) is 15.9 Å². The summed E-state index contributed by atoms with van der Waals surface area (Å²) in [4.78, 5) is 16.8. The zero-order chi connectivity index (χ0) is 21.1. The number of anilines is 2. The van der Waals surface area contributed by atoms with E-state index in [2.05, 4.69) is 15.1 Å². The molecule has 0 saturated carbocycles. The van der Waals surface area contributed by atoms with Crippen LogP contribution in [0.2, 0.25) is 0 Å². The van der Waals surface area contributed by atoms with Gasteiger partial charge < -0.3 is 19.7 Å². The number of nitrogens with one attached hydrogen (secondary N) is 1. The van der Waals surface area contributed by atoms with Crippen LogP contribution in [0.5, 0.6) is 11.5 Å². The van der Waals surface area contributed by atoms with Gasteiger partial charge in [0, 0.05) is 43.6 Å². The second kappa shape index (κ2) is 8.50. The van der Waals surface area contributed by atoms with E-state index in [1.54, 1.807) is 30.3 Å². The Morgan fingerprint density at radius 1 is 0.967 bits per heavy atom. The van der Waals surface area contributed by atoms with Gasteiger partial charge in [0.25, 0.3) is 0 Å². The minimum Gasteiger partial charge on any atom is -0.486 e. The van der Waals surface area contributed by atoms with Crippen molar-refractivity contribution >= 4 is 27.3 Å². The summed E-state index contributed by atoms with van der Waals surface area (Å²) in [7, 11) is -3.69.